The lowest BCUT2D eigenvalue weighted by atomic mass is 10.2. The van der Waals surface area contributed by atoms with Crippen LogP contribution in [0.15, 0.2) is 17.2 Å². The van der Waals surface area contributed by atoms with Crippen molar-refractivity contribution in [2.45, 2.75) is 6.04 Å². The number of rotatable bonds is 1. The van der Waals surface area contributed by atoms with Gasteiger partial charge in [-0.2, -0.15) is 0 Å². The normalized spacial score (nSPS) is 18.8. The highest BCUT2D eigenvalue weighted by atomic mass is 16.1. The van der Waals surface area contributed by atoms with E-state index in [0.29, 0.717) is 6.04 Å². The van der Waals surface area contributed by atoms with E-state index in [4.69, 9.17) is 0 Å². The van der Waals surface area contributed by atoms with Crippen LogP contribution in [-0.4, -0.2) is 22.6 Å². The van der Waals surface area contributed by atoms with Gasteiger partial charge in [0.25, 0.3) is 0 Å². The fourth-order valence-electron chi connectivity index (χ4n) is 1.09. The molecule has 0 spiro atoms. The third-order valence-electron chi connectivity index (χ3n) is 1.83. The molecule has 54 valence electrons. The first-order valence-electron chi connectivity index (χ1n) is 3.34. The van der Waals surface area contributed by atoms with Crippen molar-refractivity contribution in [1.29, 1.82) is 0 Å². The van der Waals surface area contributed by atoms with Crippen LogP contribution >= 0.6 is 0 Å². The number of hydrogen-bond donors (Lipinski definition) is 2. The monoisotopic (exact) mass is 139 g/mol. The van der Waals surface area contributed by atoms with Gasteiger partial charge in [-0.25, -0.2) is 4.79 Å². The number of imidazole rings is 1. The Morgan fingerprint density at radius 1 is 1.60 bits per heavy atom. The lowest BCUT2D eigenvalue weighted by Gasteiger charge is -2.27. The summed E-state index contributed by atoms with van der Waals surface area (Å²) < 4.78 is 1.72. The Kier molecular flexibility index (Phi) is 1.14. The fourth-order valence-corrected chi connectivity index (χ4v) is 1.09. The number of hydrogen-bond acceptors (Lipinski definition) is 2. The van der Waals surface area contributed by atoms with Crippen LogP contribution in [0.1, 0.15) is 6.04 Å². The van der Waals surface area contributed by atoms with Gasteiger partial charge < -0.3 is 10.3 Å². The molecule has 0 aliphatic carbocycles. The van der Waals surface area contributed by atoms with Crippen molar-refractivity contribution in [3.8, 4) is 0 Å². The molecule has 4 nitrogen and oxygen atoms in total. The molecule has 0 aromatic carbocycles. The summed E-state index contributed by atoms with van der Waals surface area (Å²) in [7, 11) is 0. The standard InChI is InChI=1S/C6H9N3O/c10-6-8-1-2-9(6)5-3-7-4-5/h1-2,5,7H,3-4H2,(H,8,10). The van der Waals surface area contributed by atoms with Crippen LogP contribution in [0.2, 0.25) is 0 Å². The summed E-state index contributed by atoms with van der Waals surface area (Å²) in [6.07, 6.45) is 3.45. The van der Waals surface area contributed by atoms with Gasteiger partial charge in [0.2, 0.25) is 0 Å². The van der Waals surface area contributed by atoms with E-state index in [9.17, 15) is 4.79 Å². The van der Waals surface area contributed by atoms with Crippen LogP contribution in [-0.2, 0) is 0 Å². The van der Waals surface area contributed by atoms with Gasteiger partial charge >= 0.3 is 5.69 Å². The molecule has 1 saturated heterocycles. The number of aromatic amines is 1. The van der Waals surface area contributed by atoms with Gasteiger partial charge in [-0.1, -0.05) is 0 Å². The van der Waals surface area contributed by atoms with Crippen molar-refractivity contribution >= 4 is 0 Å². The van der Waals surface area contributed by atoms with E-state index < -0.39 is 0 Å². The average Bonchev–Trinajstić information content (AvgIpc) is 2.12. The molecule has 0 saturated carbocycles. The van der Waals surface area contributed by atoms with Crippen LogP contribution in [0.3, 0.4) is 0 Å². The number of aromatic nitrogens is 2. The molecular weight excluding hydrogens is 130 g/mol. The third kappa shape index (κ3) is 0.690. The highest BCUT2D eigenvalue weighted by Crippen LogP contribution is 2.06. The van der Waals surface area contributed by atoms with E-state index in [1.807, 2.05) is 0 Å². The van der Waals surface area contributed by atoms with E-state index in [1.165, 1.54) is 0 Å². The molecule has 1 fully saturated rings. The largest absolute Gasteiger partial charge is 0.325 e. The Balaban J connectivity index is 2.32. The molecule has 1 aromatic heterocycles. The van der Waals surface area contributed by atoms with Crippen molar-refractivity contribution in [2.24, 2.45) is 0 Å². The van der Waals surface area contributed by atoms with Crippen molar-refractivity contribution < 1.29 is 0 Å². The first kappa shape index (κ1) is 5.73. The second-order valence-electron chi connectivity index (χ2n) is 2.48. The Morgan fingerprint density at radius 3 is 2.80 bits per heavy atom. The highest BCUT2D eigenvalue weighted by Gasteiger charge is 2.19. The summed E-state index contributed by atoms with van der Waals surface area (Å²) in [5.74, 6) is 0. The minimum atomic E-state index is -0.00787. The molecule has 0 unspecified atom stereocenters. The zero-order valence-corrected chi connectivity index (χ0v) is 5.50. The van der Waals surface area contributed by atoms with Crippen molar-refractivity contribution in [2.75, 3.05) is 13.1 Å². The van der Waals surface area contributed by atoms with Crippen LogP contribution in [0, 0.1) is 0 Å². The van der Waals surface area contributed by atoms with Crippen LogP contribution < -0.4 is 11.0 Å². The maximum atomic E-state index is 10.9. The van der Waals surface area contributed by atoms with Gasteiger partial charge in [0.1, 0.15) is 0 Å². The smallest absolute Gasteiger partial charge is 0.313 e. The molecule has 0 radical (unpaired) electrons. The van der Waals surface area contributed by atoms with E-state index in [2.05, 4.69) is 10.3 Å². The van der Waals surface area contributed by atoms with Crippen LogP contribution in [0.25, 0.3) is 0 Å². The highest BCUT2D eigenvalue weighted by molar-refractivity contribution is 4.88. The minimum Gasteiger partial charge on any atom is -0.313 e. The van der Waals surface area contributed by atoms with Gasteiger partial charge in [0.15, 0.2) is 0 Å². The molecule has 0 atom stereocenters. The molecule has 1 aliphatic rings. The number of nitrogens with one attached hydrogen (secondary N) is 2. The summed E-state index contributed by atoms with van der Waals surface area (Å²) in [6, 6.07) is 0.374. The second kappa shape index (κ2) is 1.98. The Bertz CT molecular complexity index is 271. The third-order valence-corrected chi connectivity index (χ3v) is 1.83. The lowest BCUT2D eigenvalue weighted by Crippen LogP contribution is -2.46. The quantitative estimate of drug-likeness (QED) is 0.541. The summed E-state index contributed by atoms with van der Waals surface area (Å²) in [5.41, 5.74) is -0.00787. The molecule has 1 aromatic rings. The first-order chi connectivity index (χ1) is 4.88. The predicted octanol–water partition coefficient (Wildman–Crippen LogP) is -0.679. The molecule has 1 aliphatic heterocycles. The van der Waals surface area contributed by atoms with E-state index in [0.717, 1.165) is 13.1 Å². The van der Waals surface area contributed by atoms with Crippen LogP contribution in [0.5, 0.6) is 0 Å². The van der Waals surface area contributed by atoms with E-state index in [-0.39, 0.29) is 5.69 Å². The maximum absolute atomic E-state index is 10.9. The minimum absolute atomic E-state index is 0.00787. The summed E-state index contributed by atoms with van der Waals surface area (Å²) >= 11 is 0. The zero-order valence-electron chi connectivity index (χ0n) is 5.50. The molecule has 2 rings (SSSR count). The summed E-state index contributed by atoms with van der Waals surface area (Å²) in [4.78, 5) is 13.5. The van der Waals surface area contributed by atoms with Gasteiger partial charge in [0.05, 0.1) is 6.04 Å². The Hall–Kier alpha value is -1.03. The first-order valence-corrected chi connectivity index (χ1v) is 3.34. The molecule has 10 heavy (non-hydrogen) atoms. The summed E-state index contributed by atoms with van der Waals surface area (Å²) in [6.45, 7) is 1.83. The van der Waals surface area contributed by atoms with E-state index in [1.54, 1.807) is 17.0 Å². The molecule has 0 amide bonds. The van der Waals surface area contributed by atoms with Crippen LogP contribution in [0.4, 0.5) is 0 Å². The SMILES string of the molecule is O=c1[nH]ccn1C1CNC1. The number of nitrogens with zero attached hydrogens (tertiary/aromatic N) is 1. The molecule has 2 heterocycles. The van der Waals surface area contributed by atoms with Crippen molar-refractivity contribution in [1.82, 2.24) is 14.9 Å². The van der Waals surface area contributed by atoms with Gasteiger partial charge in [0, 0.05) is 25.5 Å². The summed E-state index contributed by atoms with van der Waals surface area (Å²) in [5, 5.41) is 3.10. The second-order valence-corrected chi connectivity index (χ2v) is 2.48. The molecular formula is C6H9N3O. The van der Waals surface area contributed by atoms with Crippen molar-refractivity contribution in [3.63, 3.8) is 0 Å². The zero-order chi connectivity index (χ0) is 6.97. The predicted molar refractivity (Wildman–Crippen MR) is 37.0 cm³/mol. The average molecular weight is 139 g/mol. The Labute approximate surface area is 57.9 Å². The van der Waals surface area contributed by atoms with Gasteiger partial charge in [-0.15, -0.1) is 0 Å². The van der Waals surface area contributed by atoms with Gasteiger partial charge in [-0.3, -0.25) is 4.57 Å². The maximum Gasteiger partial charge on any atom is 0.325 e. The fraction of sp³-hybridized carbons (Fsp3) is 0.500. The molecule has 0 bridgehead atoms. The van der Waals surface area contributed by atoms with E-state index >= 15 is 0 Å². The topological polar surface area (TPSA) is 49.8 Å². The Morgan fingerprint density at radius 2 is 2.40 bits per heavy atom. The molecule has 4 heteroatoms. The molecule has 2 N–H and O–H groups in total. The van der Waals surface area contributed by atoms with Crippen molar-refractivity contribution in [3.05, 3.63) is 22.9 Å². The number of H-pyrrole nitrogens is 1. The van der Waals surface area contributed by atoms with Gasteiger partial charge in [-0.05, 0) is 0 Å². The lowest BCUT2D eigenvalue weighted by molar-refractivity contribution is 0.337.